The molecule has 1 radical (unpaired) electrons. The Labute approximate surface area is 374 Å². The summed E-state index contributed by atoms with van der Waals surface area (Å²) in [6.45, 7) is 0. The molecule has 2 aliphatic carbocycles. The Morgan fingerprint density at radius 2 is 1.11 bits per heavy atom. The molecule has 10 aromatic rings. The standard InChI is InChI=1S/C37H22S.C11H6F2N.C6H5NO2.Ir/c1-5-18-30-23(11-1)24-12-2-6-19-31(24)37(30)32-20-7-3-14-29(32)35-26(15-10-21-33(35)37)28-17-9-16-27-25-13-4-8-22-34(25)38-36(27)28;12-8-4-5-9(10(13)7-8)11-3-1-2-6-14-11;8-6(9)5-3-1-2-4-7-5;/h1-22H;1-4,6-7H;1-4H,(H,8,9);/q;-1;;. The third-order valence-electron chi connectivity index (χ3n) is 11.4. The van der Waals surface area contributed by atoms with Gasteiger partial charge in [0.1, 0.15) is 5.69 Å². The van der Waals surface area contributed by atoms with Crippen molar-refractivity contribution < 1.29 is 38.8 Å². The molecule has 0 unspecified atom stereocenters. The van der Waals surface area contributed by atoms with Crippen molar-refractivity contribution in [1.82, 2.24) is 9.97 Å². The largest absolute Gasteiger partial charge is 0.477 e. The fourth-order valence-electron chi connectivity index (χ4n) is 8.97. The number of aromatic nitrogens is 2. The molecule has 12 rings (SSSR count). The SMILES string of the molecule is Fc1c[c-]c(-c2ccccn2)c(F)c1.O=C(O)c1ccccn1.[Ir].c1ccc2c(c1)-c1ccccc1C21c2ccccc2-c2c(-c3cccc4c3sc3ccccc34)cccc21. The number of aromatic carboxylic acids is 1. The first-order valence-electron chi connectivity index (χ1n) is 19.7. The maximum atomic E-state index is 13.2. The number of fused-ring (bicyclic) bond motifs is 13. The first-order chi connectivity index (χ1) is 29.9. The van der Waals surface area contributed by atoms with Crippen LogP contribution in [0.3, 0.4) is 0 Å². The van der Waals surface area contributed by atoms with Crippen LogP contribution in [0.5, 0.6) is 0 Å². The molecule has 0 saturated heterocycles. The topological polar surface area (TPSA) is 63.1 Å². The molecule has 3 aromatic heterocycles. The monoisotopic (exact) mass is 1000 g/mol. The molecule has 0 atom stereocenters. The predicted octanol–water partition coefficient (Wildman–Crippen LogP) is 13.7. The van der Waals surface area contributed by atoms with Crippen LogP contribution in [0.4, 0.5) is 8.78 Å². The van der Waals surface area contributed by atoms with Crippen LogP contribution in [0.25, 0.3) is 64.8 Å². The van der Waals surface area contributed by atoms with Crippen LogP contribution in [0.15, 0.2) is 194 Å². The van der Waals surface area contributed by atoms with Crippen molar-refractivity contribution in [3.8, 4) is 44.6 Å². The molecule has 0 fully saturated rings. The van der Waals surface area contributed by atoms with Crippen molar-refractivity contribution in [3.63, 3.8) is 0 Å². The maximum Gasteiger partial charge on any atom is 0.354 e. The quantitative estimate of drug-likeness (QED) is 0.179. The van der Waals surface area contributed by atoms with Crippen molar-refractivity contribution in [3.05, 3.63) is 240 Å². The van der Waals surface area contributed by atoms with E-state index < -0.39 is 17.6 Å². The van der Waals surface area contributed by atoms with Crippen LogP contribution < -0.4 is 0 Å². The van der Waals surface area contributed by atoms with Gasteiger partial charge in [-0.05, 0) is 80.0 Å². The number of thiophene rings is 1. The molecule has 3 heterocycles. The molecular formula is C54H33F2IrN2O2S-. The molecule has 8 heteroatoms. The maximum absolute atomic E-state index is 13.2. The van der Waals surface area contributed by atoms with E-state index in [1.807, 2.05) is 11.3 Å². The van der Waals surface area contributed by atoms with Gasteiger partial charge in [0.05, 0.1) is 5.41 Å². The second-order valence-electron chi connectivity index (χ2n) is 14.7. The Bertz CT molecular complexity index is 3240. The number of hydrogen-bond donors (Lipinski definition) is 1. The van der Waals surface area contributed by atoms with E-state index >= 15 is 0 Å². The van der Waals surface area contributed by atoms with Crippen LogP contribution in [-0.4, -0.2) is 21.0 Å². The van der Waals surface area contributed by atoms with Gasteiger partial charge in [0.15, 0.2) is 0 Å². The van der Waals surface area contributed by atoms with Gasteiger partial charge >= 0.3 is 5.97 Å². The summed E-state index contributed by atoms with van der Waals surface area (Å²) in [4.78, 5) is 17.7. The minimum absolute atomic E-state index is 0. The number of rotatable bonds is 3. The Hall–Kier alpha value is -6.96. The predicted molar refractivity (Wildman–Crippen MR) is 241 cm³/mol. The molecule has 0 bridgehead atoms. The Morgan fingerprint density at radius 3 is 1.76 bits per heavy atom. The Balaban J connectivity index is 0.000000168. The summed E-state index contributed by atoms with van der Waals surface area (Å²) in [6, 6.07) is 64.0. The summed E-state index contributed by atoms with van der Waals surface area (Å²) in [6.07, 6.45) is 3.00. The van der Waals surface area contributed by atoms with Crippen molar-refractivity contribution in [2.45, 2.75) is 5.41 Å². The molecule has 0 saturated carbocycles. The van der Waals surface area contributed by atoms with Gasteiger partial charge in [0.25, 0.3) is 0 Å². The number of carboxylic acids is 1. The zero-order chi connectivity index (χ0) is 41.5. The van der Waals surface area contributed by atoms with Gasteiger partial charge in [-0.2, -0.15) is 0 Å². The second kappa shape index (κ2) is 16.8. The number of carboxylic acid groups (broad SMARTS) is 1. The molecule has 4 nitrogen and oxygen atoms in total. The molecule has 301 valence electrons. The van der Waals surface area contributed by atoms with E-state index in [2.05, 4.69) is 149 Å². The number of nitrogens with zero attached hydrogens (tertiary/aromatic N) is 2. The van der Waals surface area contributed by atoms with Gasteiger partial charge in [-0.3, -0.25) is 8.78 Å². The average Bonchev–Trinajstić information content (AvgIpc) is 3.95. The molecular weight excluding hydrogens is 971 g/mol. The minimum atomic E-state index is -0.990. The summed E-state index contributed by atoms with van der Waals surface area (Å²) in [5, 5.41) is 11.0. The third kappa shape index (κ3) is 6.73. The normalized spacial score (nSPS) is 12.2. The van der Waals surface area contributed by atoms with Crippen LogP contribution in [0.1, 0.15) is 32.7 Å². The van der Waals surface area contributed by atoms with Crippen LogP contribution >= 0.6 is 11.3 Å². The molecule has 62 heavy (non-hydrogen) atoms. The van der Waals surface area contributed by atoms with E-state index in [-0.39, 0.29) is 36.8 Å². The van der Waals surface area contributed by atoms with Crippen molar-refractivity contribution >= 4 is 37.5 Å². The smallest absolute Gasteiger partial charge is 0.354 e. The van der Waals surface area contributed by atoms with Gasteiger partial charge in [-0.15, -0.1) is 23.5 Å². The fraction of sp³-hybridized carbons (Fsp3) is 0.0185. The van der Waals surface area contributed by atoms with Gasteiger partial charge in [-0.25, -0.2) is 9.78 Å². The van der Waals surface area contributed by atoms with E-state index in [0.29, 0.717) is 5.69 Å². The van der Waals surface area contributed by atoms with E-state index in [9.17, 15) is 13.6 Å². The summed E-state index contributed by atoms with van der Waals surface area (Å²) >= 11 is 1.91. The van der Waals surface area contributed by atoms with Crippen molar-refractivity contribution in [2.75, 3.05) is 0 Å². The summed E-state index contributed by atoms with van der Waals surface area (Å²) in [5.74, 6) is -2.28. The van der Waals surface area contributed by atoms with Crippen molar-refractivity contribution in [1.29, 1.82) is 0 Å². The minimum Gasteiger partial charge on any atom is -0.477 e. The molecule has 7 aromatic carbocycles. The zero-order valence-electron chi connectivity index (χ0n) is 32.7. The number of halogens is 2. The van der Waals surface area contributed by atoms with Crippen LogP contribution in [-0.2, 0) is 25.5 Å². The van der Waals surface area contributed by atoms with E-state index in [1.54, 1.807) is 36.5 Å². The fourth-order valence-corrected chi connectivity index (χ4v) is 10.2. The van der Waals surface area contributed by atoms with Crippen LogP contribution in [0, 0.1) is 17.7 Å². The number of benzene rings is 7. The molecule has 0 aliphatic heterocycles. The number of carbonyl (C=O) groups is 1. The number of hydrogen-bond acceptors (Lipinski definition) is 4. The summed E-state index contributed by atoms with van der Waals surface area (Å²) in [7, 11) is 0. The molecule has 0 amide bonds. The first kappa shape index (κ1) is 40.4. The van der Waals surface area contributed by atoms with Gasteiger partial charge in [0.2, 0.25) is 0 Å². The Morgan fingerprint density at radius 1 is 0.565 bits per heavy atom. The summed E-state index contributed by atoms with van der Waals surface area (Å²) in [5.41, 5.74) is 14.1. The van der Waals surface area contributed by atoms with Gasteiger partial charge in [-0.1, -0.05) is 157 Å². The first-order valence-corrected chi connectivity index (χ1v) is 20.5. The van der Waals surface area contributed by atoms with Crippen molar-refractivity contribution in [2.24, 2.45) is 0 Å². The second-order valence-corrected chi connectivity index (χ2v) is 15.7. The van der Waals surface area contributed by atoms with Gasteiger partial charge < -0.3 is 10.1 Å². The van der Waals surface area contributed by atoms with Gasteiger partial charge in [0, 0.05) is 69.9 Å². The molecule has 1 spiro atoms. The van der Waals surface area contributed by atoms with E-state index in [0.717, 1.165) is 12.1 Å². The number of pyridine rings is 2. The summed E-state index contributed by atoms with van der Waals surface area (Å²) < 4.78 is 28.5. The molecule has 2 aliphatic rings. The third-order valence-corrected chi connectivity index (χ3v) is 12.6. The van der Waals surface area contributed by atoms with E-state index in [4.69, 9.17) is 5.11 Å². The zero-order valence-corrected chi connectivity index (χ0v) is 35.9. The molecule has 1 N–H and O–H groups in total. The Kier molecular flexibility index (Phi) is 11.0. The van der Waals surface area contributed by atoms with E-state index in [1.165, 1.54) is 88.1 Å². The average molecular weight is 1000 g/mol. The van der Waals surface area contributed by atoms with Crippen LogP contribution in [0.2, 0.25) is 0 Å².